The Morgan fingerprint density at radius 3 is 1.87 bits per heavy atom. The van der Waals surface area contributed by atoms with E-state index in [0.29, 0.717) is 32.2 Å². The average Bonchev–Trinajstić information content (AvgIpc) is 3.82. The Bertz CT molecular complexity index is 2670. The highest BCUT2D eigenvalue weighted by Gasteiger charge is 2.34. The molecule has 0 aliphatic heterocycles. The summed E-state index contributed by atoms with van der Waals surface area (Å²) in [5.41, 5.74) is 3.90. The van der Waals surface area contributed by atoms with Gasteiger partial charge in [-0.2, -0.15) is 0 Å². The van der Waals surface area contributed by atoms with Gasteiger partial charge in [-0.05, 0) is 163 Å². The number of amides is 5. The predicted molar refractivity (Wildman–Crippen MR) is 298 cm³/mol. The van der Waals surface area contributed by atoms with Crippen molar-refractivity contribution in [3.8, 4) is 11.1 Å². The molecule has 5 amide bonds. The standard InChI is InChI=1S/C62H81N5O11/c1-61(2,3)77-54(68)34-33-52(58(72)78-62(4,5)6)67-59(73)66-51(57(71)76-45-20-8-7-9-21-45)26-16-17-35-63-56(70)53(37-41-29-30-42-18-10-11-19-44(42)36-41)65-55(69)43-31-27-40(28-32-43)38-64-60(74)75-39-50-48-24-14-12-22-46(48)47-23-13-15-25-49(47)50/h10-15,18-19,22-25,29-30,36,40,43,45,50-53H,7-9,16-17,20-21,26-28,31-35,37-39H2,1-6H3,(H,63,70)(H,64,74)(H,65,69)(H2,66,67,73). The smallest absolute Gasteiger partial charge is 0.407 e. The molecular weight excluding hydrogens is 991 g/mol. The van der Waals surface area contributed by atoms with Gasteiger partial charge in [0.2, 0.25) is 11.8 Å². The molecular formula is C62H81N5O11. The summed E-state index contributed by atoms with van der Waals surface area (Å²) in [5, 5.41) is 16.5. The summed E-state index contributed by atoms with van der Waals surface area (Å²) in [6, 6.07) is 26.4. The first-order chi connectivity index (χ1) is 37.3. The van der Waals surface area contributed by atoms with Gasteiger partial charge in [0.25, 0.3) is 0 Å². The average molecular weight is 1070 g/mol. The van der Waals surface area contributed by atoms with Gasteiger partial charge < -0.3 is 45.5 Å². The fraction of sp³-hybridized carbons (Fsp3) is 0.532. The van der Waals surface area contributed by atoms with E-state index in [9.17, 15) is 33.6 Å². The van der Waals surface area contributed by atoms with Crippen LogP contribution in [0.15, 0.2) is 91.0 Å². The Labute approximate surface area is 459 Å². The molecule has 3 unspecified atom stereocenters. The van der Waals surface area contributed by atoms with Crippen molar-refractivity contribution in [1.29, 1.82) is 0 Å². The maximum atomic E-state index is 14.1. The van der Waals surface area contributed by atoms with Crippen LogP contribution in [0.4, 0.5) is 9.59 Å². The third-order valence-electron chi connectivity index (χ3n) is 14.7. The van der Waals surface area contributed by atoms with E-state index in [1.165, 1.54) is 11.1 Å². The van der Waals surface area contributed by atoms with E-state index in [2.05, 4.69) is 50.8 Å². The number of carbonyl (C=O) groups excluding carboxylic acids is 7. The highest BCUT2D eigenvalue weighted by atomic mass is 16.6. The second-order valence-electron chi connectivity index (χ2n) is 23.2. The molecule has 0 aromatic heterocycles. The summed E-state index contributed by atoms with van der Waals surface area (Å²) >= 11 is 0. The zero-order valence-corrected chi connectivity index (χ0v) is 46.4. The molecule has 3 aliphatic carbocycles. The van der Waals surface area contributed by atoms with E-state index in [-0.39, 0.29) is 74.5 Å². The van der Waals surface area contributed by atoms with E-state index < -0.39 is 59.4 Å². The number of urea groups is 1. The Kier molecular flexibility index (Phi) is 20.7. The van der Waals surface area contributed by atoms with Crippen molar-refractivity contribution in [3.05, 3.63) is 108 Å². The minimum absolute atomic E-state index is 0.0322. The van der Waals surface area contributed by atoms with E-state index in [1.807, 2.05) is 66.7 Å². The number of carbonyl (C=O) groups is 7. The number of rotatable bonds is 22. The molecule has 16 nitrogen and oxygen atoms in total. The third kappa shape index (κ3) is 17.8. The van der Waals surface area contributed by atoms with Gasteiger partial charge in [-0.1, -0.05) is 97.4 Å². The molecule has 78 heavy (non-hydrogen) atoms. The van der Waals surface area contributed by atoms with Gasteiger partial charge in [-0.25, -0.2) is 19.2 Å². The highest BCUT2D eigenvalue weighted by Crippen LogP contribution is 2.44. The Balaban J connectivity index is 0.913. The molecule has 3 atom stereocenters. The quantitative estimate of drug-likeness (QED) is 0.0284. The van der Waals surface area contributed by atoms with Crippen LogP contribution < -0.4 is 26.6 Å². The number of fused-ring (bicyclic) bond motifs is 4. The largest absolute Gasteiger partial charge is 0.461 e. The SMILES string of the molecule is CC(C)(C)OC(=O)CCC(NC(=O)NC(CCCCNC(=O)C(Cc1ccc2ccccc2c1)NC(=O)C1CCC(CNC(=O)OCC2c3ccccc3-c3ccccc32)CC1)C(=O)OC1CCCCC1)C(=O)OC(C)(C)C. The van der Waals surface area contributed by atoms with E-state index >= 15 is 0 Å². The van der Waals surface area contributed by atoms with Crippen molar-refractivity contribution in [2.75, 3.05) is 19.7 Å². The van der Waals surface area contributed by atoms with Crippen LogP contribution in [0.3, 0.4) is 0 Å². The Morgan fingerprint density at radius 1 is 0.603 bits per heavy atom. The van der Waals surface area contributed by atoms with E-state index in [4.69, 9.17) is 18.9 Å². The summed E-state index contributed by atoms with van der Waals surface area (Å²) in [4.78, 5) is 94.2. The number of ether oxygens (including phenoxy) is 4. The van der Waals surface area contributed by atoms with Gasteiger partial charge in [0.1, 0.15) is 42.0 Å². The number of hydrogen-bond donors (Lipinski definition) is 5. The van der Waals surface area contributed by atoms with Crippen LogP contribution in [0.2, 0.25) is 0 Å². The van der Waals surface area contributed by atoms with Gasteiger partial charge in [0.15, 0.2) is 0 Å². The van der Waals surface area contributed by atoms with Gasteiger partial charge in [0.05, 0.1) is 0 Å². The van der Waals surface area contributed by atoms with Gasteiger partial charge >= 0.3 is 30.0 Å². The molecule has 16 heteroatoms. The molecule has 4 aromatic rings. The van der Waals surface area contributed by atoms with Crippen LogP contribution in [0.1, 0.15) is 154 Å². The van der Waals surface area contributed by atoms with Crippen LogP contribution in [-0.2, 0) is 49.3 Å². The minimum atomic E-state index is -1.22. The van der Waals surface area contributed by atoms with Crippen molar-refractivity contribution in [2.24, 2.45) is 11.8 Å². The Morgan fingerprint density at radius 2 is 1.22 bits per heavy atom. The maximum absolute atomic E-state index is 14.1. The number of esters is 3. The van der Waals surface area contributed by atoms with Crippen LogP contribution in [0.5, 0.6) is 0 Å². The molecule has 3 aliphatic rings. The lowest BCUT2D eigenvalue weighted by atomic mass is 9.81. The van der Waals surface area contributed by atoms with Crippen LogP contribution in [0.25, 0.3) is 21.9 Å². The van der Waals surface area contributed by atoms with Crippen LogP contribution in [-0.4, -0.2) is 97.0 Å². The van der Waals surface area contributed by atoms with E-state index in [0.717, 1.165) is 72.4 Å². The predicted octanol–water partition coefficient (Wildman–Crippen LogP) is 9.87. The lowest BCUT2D eigenvalue weighted by Gasteiger charge is -2.29. The zero-order chi connectivity index (χ0) is 55.8. The monoisotopic (exact) mass is 1070 g/mol. The van der Waals surface area contributed by atoms with Crippen LogP contribution in [0, 0.1) is 11.8 Å². The van der Waals surface area contributed by atoms with Gasteiger partial charge in [-0.15, -0.1) is 0 Å². The summed E-state index contributed by atoms with van der Waals surface area (Å²) in [5.74, 6) is -2.57. The first kappa shape index (κ1) is 58.7. The van der Waals surface area contributed by atoms with Gasteiger partial charge in [0, 0.05) is 37.8 Å². The molecule has 0 heterocycles. The summed E-state index contributed by atoms with van der Waals surface area (Å²) in [6.45, 7) is 11.2. The van der Waals surface area contributed by atoms with Gasteiger partial charge in [-0.3, -0.25) is 14.4 Å². The molecule has 0 spiro atoms. The fourth-order valence-corrected chi connectivity index (χ4v) is 10.7. The normalized spacial score (nSPS) is 17.7. The van der Waals surface area contributed by atoms with Crippen molar-refractivity contribution >= 4 is 52.6 Å². The molecule has 4 aromatic carbocycles. The fourth-order valence-electron chi connectivity index (χ4n) is 10.7. The molecule has 0 radical (unpaired) electrons. The molecule has 2 saturated carbocycles. The first-order valence-electron chi connectivity index (χ1n) is 28.2. The summed E-state index contributed by atoms with van der Waals surface area (Å²) < 4.78 is 22.7. The van der Waals surface area contributed by atoms with Crippen LogP contribution >= 0.6 is 0 Å². The summed E-state index contributed by atoms with van der Waals surface area (Å²) in [6.07, 6.45) is 7.32. The number of alkyl carbamates (subject to hydrolysis) is 1. The highest BCUT2D eigenvalue weighted by molar-refractivity contribution is 5.90. The third-order valence-corrected chi connectivity index (χ3v) is 14.7. The molecule has 7 rings (SSSR count). The molecule has 420 valence electrons. The maximum Gasteiger partial charge on any atom is 0.407 e. The lowest BCUT2D eigenvalue weighted by molar-refractivity contribution is -0.158. The van der Waals surface area contributed by atoms with Crippen molar-refractivity contribution in [1.82, 2.24) is 26.6 Å². The topological polar surface area (TPSA) is 217 Å². The number of nitrogens with one attached hydrogen (secondary N) is 5. The molecule has 0 saturated heterocycles. The number of hydrogen-bond acceptors (Lipinski definition) is 11. The number of benzene rings is 4. The zero-order valence-electron chi connectivity index (χ0n) is 46.4. The van der Waals surface area contributed by atoms with Crippen molar-refractivity contribution < 1.29 is 52.5 Å². The second kappa shape index (κ2) is 27.6. The summed E-state index contributed by atoms with van der Waals surface area (Å²) in [7, 11) is 0. The van der Waals surface area contributed by atoms with E-state index in [1.54, 1.807) is 41.5 Å². The molecule has 2 fully saturated rings. The molecule has 0 bridgehead atoms. The van der Waals surface area contributed by atoms with Crippen molar-refractivity contribution in [2.45, 2.75) is 179 Å². The van der Waals surface area contributed by atoms with Crippen molar-refractivity contribution in [3.63, 3.8) is 0 Å². The Hall–Kier alpha value is -6.97. The first-order valence-corrected chi connectivity index (χ1v) is 28.2. The molecule has 5 N–H and O–H groups in total. The second-order valence-corrected chi connectivity index (χ2v) is 23.2. The minimum Gasteiger partial charge on any atom is -0.461 e. The number of unbranched alkanes of at least 4 members (excludes halogenated alkanes) is 1. The lowest BCUT2D eigenvalue weighted by Crippen LogP contribution is -2.53.